The summed E-state index contributed by atoms with van der Waals surface area (Å²) in [5.41, 5.74) is -0.879. The minimum absolute atomic E-state index is 0.211. The maximum Gasteiger partial charge on any atom is 0.114 e. The van der Waals surface area contributed by atoms with Crippen molar-refractivity contribution >= 4 is 0 Å². The fourth-order valence-electron chi connectivity index (χ4n) is 1.78. The van der Waals surface area contributed by atoms with Crippen molar-refractivity contribution in [3.8, 4) is 0 Å². The largest absolute Gasteiger partial charge is 0.376 e. The molecule has 0 rings (SSSR count). The lowest BCUT2D eigenvalue weighted by Gasteiger charge is -2.42. The van der Waals surface area contributed by atoms with E-state index in [9.17, 15) is 0 Å². The Morgan fingerprint density at radius 3 is 1.00 bits per heavy atom. The maximum absolute atomic E-state index is 5.52. The van der Waals surface area contributed by atoms with Gasteiger partial charge in [0.05, 0.1) is 11.2 Å². The molecule has 16 heavy (non-hydrogen) atoms. The van der Waals surface area contributed by atoms with Crippen LogP contribution in [0.4, 0.5) is 0 Å². The third-order valence-electron chi connectivity index (χ3n) is 3.21. The Morgan fingerprint density at radius 1 is 0.625 bits per heavy atom. The van der Waals surface area contributed by atoms with Crippen molar-refractivity contribution in [2.75, 3.05) is 28.4 Å². The van der Waals surface area contributed by atoms with E-state index < -0.39 is 11.2 Å². The summed E-state index contributed by atoms with van der Waals surface area (Å²) in [6.07, 6.45) is -0.421. The summed E-state index contributed by atoms with van der Waals surface area (Å²) in [6, 6.07) is 0. The molecule has 0 aliphatic carbocycles. The summed E-state index contributed by atoms with van der Waals surface area (Å²) >= 11 is 0. The highest BCUT2D eigenvalue weighted by molar-refractivity contribution is 4.95. The van der Waals surface area contributed by atoms with Crippen LogP contribution in [0.25, 0.3) is 0 Å². The molecule has 0 N–H and O–H groups in total. The highest BCUT2D eigenvalue weighted by Crippen LogP contribution is 2.29. The molecule has 0 aliphatic heterocycles. The Morgan fingerprint density at radius 2 is 0.875 bits per heavy atom. The van der Waals surface area contributed by atoms with Crippen LogP contribution >= 0.6 is 0 Å². The predicted octanol–water partition coefficient (Wildman–Crippen LogP) is 1.87. The lowest BCUT2D eigenvalue weighted by atomic mass is 9.87. The van der Waals surface area contributed by atoms with Gasteiger partial charge in [-0.05, 0) is 27.7 Å². The van der Waals surface area contributed by atoms with Crippen molar-refractivity contribution in [1.82, 2.24) is 0 Å². The van der Waals surface area contributed by atoms with Crippen LogP contribution in [0.2, 0.25) is 0 Å². The molecule has 0 spiro atoms. The lowest BCUT2D eigenvalue weighted by Crippen LogP contribution is -2.56. The first-order valence-electron chi connectivity index (χ1n) is 5.42. The van der Waals surface area contributed by atoms with Gasteiger partial charge in [0.25, 0.3) is 0 Å². The van der Waals surface area contributed by atoms with Crippen LogP contribution in [-0.2, 0) is 18.9 Å². The fraction of sp³-hybridized carbons (Fsp3) is 1.00. The van der Waals surface area contributed by atoms with Gasteiger partial charge in [-0.25, -0.2) is 0 Å². The van der Waals surface area contributed by atoms with Crippen molar-refractivity contribution < 1.29 is 18.9 Å². The second kappa shape index (κ2) is 5.96. The minimum atomic E-state index is -0.439. The van der Waals surface area contributed by atoms with Gasteiger partial charge in [0.1, 0.15) is 12.2 Å². The summed E-state index contributed by atoms with van der Waals surface area (Å²) in [7, 11) is 6.64. The summed E-state index contributed by atoms with van der Waals surface area (Å²) in [6.45, 7) is 7.88. The third-order valence-corrected chi connectivity index (χ3v) is 3.21. The van der Waals surface area contributed by atoms with E-state index in [4.69, 9.17) is 18.9 Å². The van der Waals surface area contributed by atoms with Crippen LogP contribution in [0.3, 0.4) is 0 Å². The zero-order valence-electron chi connectivity index (χ0n) is 11.8. The smallest absolute Gasteiger partial charge is 0.114 e. The standard InChI is InChI=1S/C12H26O4/c1-11(2,15-7)9(13-5)10(14-6)12(3,4)16-8/h9-10H,1-8H3. The minimum Gasteiger partial charge on any atom is -0.376 e. The summed E-state index contributed by atoms with van der Waals surface area (Å²) < 4.78 is 21.9. The number of methoxy groups -OCH3 is 4. The first-order chi connectivity index (χ1) is 7.26. The number of hydrogen-bond acceptors (Lipinski definition) is 4. The molecule has 0 aromatic rings. The Balaban J connectivity index is 5.05. The van der Waals surface area contributed by atoms with Crippen LogP contribution < -0.4 is 0 Å². The first kappa shape index (κ1) is 15.8. The molecular weight excluding hydrogens is 208 g/mol. The van der Waals surface area contributed by atoms with Crippen LogP contribution in [-0.4, -0.2) is 51.8 Å². The van der Waals surface area contributed by atoms with Gasteiger partial charge in [-0.2, -0.15) is 0 Å². The van der Waals surface area contributed by atoms with Crippen molar-refractivity contribution in [2.45, 2.75) is 51.1 Å². The number of hydrogen-bond donors (Lipinski definition) is 0. The molecule has 0 saturated heterocycles. The molecular formula is C12H26O4. The van der Waals surface area contributed by atoms with E-state index in [1.807, 2.05) is 27.7 Å². The zero-order valence-corrected chi connectivity index (χ0v) is 11.8. The van der Waals surface area contributed by atoms with Gasteiger partial charge in [0.15, 0.2) is 0 Å². The molecule has 0 heterocycles. The summed E-state index contributed by atoms with van der Waals surface area (Å²) in [5.74, 6) is 0. The van der Waals surface area contributed by atoms with E-state index in [1.165, 1.54) is 0 Å². The fourth-order valence-corrected chi connectivity index (χ4v) is 1.78. The van der Waals surface area contributed by atoms with Crippen molar-refractivity contribution in [3.05, 3.63) is 0 Å². The van der Waals surface area contributed by atoms with Gasteiger partial charge in [0, 0.05) is 28.4 Å². The van der Waals surface area contributed by atoms with Gasteiger partial charge in [-0.15, -0.1) is 0 Å². The predicted molar refractivity (Wildman–Crippen MR) is 63.8 cm³/mol. The molecule has 0 aromatic heterocycles. The molecule has 0 amide bonds. The lowest BCUT2D eigenvalue weighted by molar-refractivity contribution is -0.201. The number of rotatable bonds is 7. The monoisotopic (exact) mass is 234 g/mol. The second-order valence-electron chi connectivity index (χ2n) is 4.93. The Hall–Kier alpha value is -0.160. The molecule has 2 atom stereocenters. The topological polar surface area (TPSA) is 36.9 Å². The molecule has 2 unspecified atom stereocenters. The van der Waals surface area contributed by atoms with E-state index in [0.717, 1.165) is 0 Å². The molecule has 0 aromatic carbocycles. The highest BCUT2D eigenvalue weighted by Gasteiger charge is 2.44. The second-order valence-corrected chi connectivity index (χ2v) is 4.93. The van der Waals surface area contributed by atoms with E-state index in [1.54, 1.807) is 28.4 Å². The maximum atomic E-state index is 5.52. The average molecular weight is 234 g/mol. The Labute approximate surface area is 99.2 Å². The van der Waals surface area contributed by atoms with Gasteiger partial charge in [-0.3, -0.25) is 0 Å². The molecule has 0 radical (unpaired) electrons. The third kappa shape index (κ3) is 3.42. The molecule has 0 saturated carbocycles. The van der Waals surface area contributed by atoms with Crippen LogP contribution in [0.1, 0.15) is 27.7 Å². The van der Waals surface area contributed by atoms with Gasteiger partial charge in [-0.1, -0.05) is 0 Å². The van der Waals surface area contributed by atoms with Gasteiger partial charge in [0.2, 0.25) is 0 Å². The van der Waals surface area contributed by atoms with Crippen molar-refractivity contribution in [1.29, 1.82) is 0 Å². The Kier molecular flexibility index (Phi) is 5.90. The van der Waals surface area contributed by atoms with Crippen LogP contribution in [0.15, 0.2) is 0 Å². The molecule has 0 bridgehead atoms. The van der Waals surface area contributed by atoms with E-state index in [-0.39, 0.29) is 12.2 Å². The zero-order chi connectivity index (χ0) is 13.0. The summed E-state index contributed by atoms with van der Waals surface area (Å²) in [4.78, 5) is 0. The van der Waals surface area contributed by atoms with Crippen molar-refractivity contribution in [2.24, 2.45) is 0 Å². The van der Waals surface area contributed by atoms with Gasteiger partial charge < -0.3 is 18.9 Å². The molecule has 0 aliphatic rings. The van der Waals surface area contributed by atoms with E-state index >= 15 is 0 Å². The van der Waals surface area contributed by atoms with Crippen LogP contribution in [0, 0.1) is 0 Å². The SMILES string of the molecule is COC(C(OC)C(C)(C)OC)C(C)(C)OC. The van der Waals surface area contributed by atoms with Crippen molar-refractivity contribution in [3.63, 3.8) is 0 Å². The average Bonchev–Trinajstić information content (AvgIpc) is 2.24. The normalized spacial score (nSPS) is 17.2. The highest BCUT2D eigenvalue weighted by atomic mass is 16.6. The molecule has 98 valence electrons. The first-order valence-corrected chi connectivity index (χ1v) is 5.42. The molecule has 4 heteroatoms. The van der Waals surface area contributed by atoms with Gasteiger partial charge >= 0.3 is 0 Å². The van der Waals surface area contributed by atoms with E-state index in [2.05, 4.69) is 0 Å². The Bertz CT molecular complexity index is 179. The summed E-state index contributed by atoms with van der Waals surface area (Å²) in [5, 5.41) is 0. The van der Waals surface area contributed by atoms with Crippen LogP contribution in [0.5, 0.6) is 0 Å². The van der Waals surface area contributed by atoms with E-state index in [0.29, 0.717) is 0 Å². The molecule has 4 nitrogen and oxygen atoms in total. The number of ether oxygens (including phenoxy) is 4. The molecule has 0 fully saturated rings. The quantitative estimate of drug-likeness (QED) is 0.674.